The lowest BCUT2D eigenvalue weighted by atomic mass is 9.78. The number of aryl methyl sites for hydroxylation is 1. The Morgan fingerprint density at radius 2 is 2.22 bits per heavy atom. The average molecular weight is 336 g/mol. The van der Waals surface area contributed by atoms with E-state index in [2.05, 4.69) is 0 Å². The maximum Gasteiger partial charge on any atom is 0.264 e. The molecule has 126 valence electrons. The molecular formula is C17H24N2O3S. The van der Waals surface area contributed by atoms with Crippen LogP contribution in [0.5, 0.6) is 0 Å². The molecule has 1 aromatic heterocycles. The Morgan fingerprint density at radius 3 is 2.91 bits per heavy atom. The Hall–Kier alpha value is -1.40. The first kappa shape index (κ1) is 16.5. The minimum atomic E-state index is -0.368. The topological polar surface area (TPSA) is 49.9 Å². The Kier molecular flexibility index (Phi) is 4.73. The minimum Gasteiger partial charge on any atom is -0.383 e. The third-order valence-electron chi connectivity index (χ3n) is 5.09. The third kappa shape index (κ3) is 3.02. The molecule has 1 aromatic rings. The van der Waals surface area contributed by atoms with Crippen molar-refractivity contribution >= 4 is 23.2 Å². The maximum atomic E-state index is 12.9. The highest BCUT2D eigenvalue weighted by molar-refractivity contribution is 7.12. The monoisotopic (exact) mass is 336 g/mol. The van der Waals surface area contributed by atoms with E-state index in [1.807, 2.05) is 28.2 Å². The first-order valence-corrected chi connectivity index (χ1v) is 9.07. The zero-order valence-corrected chi connectivity index (χ0v) is 14.7. The third-order valence-corrected chi connectivity index (χ3v) is 6.09. The fourth-order valence-electron chi connectivity index (χ4n) is 3.73. The molecule has 1 atom stereocenters. The van der Waals surface area contributed by atoms with Crippen LogP contribution in [0.25, 0.3) is 0 Å². The molecule has 2 aliphatic heterocycles. The number of carbonyl (C=O) groups excluding carboxylic acids is 2. The second-order valence-electron chi connectivity index (χ2n) is 6.58. The summed E-state index contributed by atoms with van der Waals surface area (Å²) >= 11 is 1.49. The van der Waals surface area contributed by atoms with Crippen molar-refractivity contribution in [2.45, 2.75) is 26.2 Å². The van der Waals surface area contributed by atoms with Crippen LogP contribution in [-0.4, -0.2) is 61.5 Å². The Labute approximate surface area is 141 Å². The lowest BCUT2D eigenvalue weighted by molar-refractivity contribution is -0.146. The van der Waals surface area contributed by atoms with Gasteiger partial charge in [0.25, 0.3) is 5.91 Å². The number of piperidine rings is 1. The molecule has 0 N–H and O–H groups in total. The van der Waals surface area contributed by atoms with Gasteiger partial charge in [-0.25, -0.2) is 0 Å². The molecule has 0 aliphatic carbocycles. The molecule has 0 aromatic carbocycles. The van der Waals surface area contributed by atoms with Gasteiger partial charge >= 0.3 is 0 Å². The van der Waals surface area contributed by atoms with E-state index in [9.17, 15) is 9.59 Å². The molecule has 1 spiro atoms. The highest BCUT2D eigenvalue weighted by Gasteiger charge is 2.49. The van der Waals surface area contributed by atoms with Crippen molar-refractivity contribution in [3.05, 3.63) is 21.9 Å². The number of carbonyl (C=O) groups is 2. The van der Waals surface area contributed by atoms with Crippen molar-refractivity contribution in [2.75, 3.05) is 39.9 Å². The van der Waals surface area contributed by atoms with E-state index in [0.29, 0.717) is 26.2 Å². The van der Waals surface area contributed by atoms with Gasteiger partial charge in [-0.15, -0.1) is 11.3 Å². The molecule has 2 fully saturated rings. The van der Waals surface area contributed by atoms with Crippen LogP contribution in [-0.2, 0) is 9.53 Å². The second-order valence-corrected chi connectivity index (χ2v) is 7.49. The van der Waals surface area contributed by atoms with Crippen molar-refractivity contribution in [3.63, 3.8) is 0 Å². The molecule has 2 aliphatic rings. The number of likely N-dealkylation sites (tertiary alicyclic amines) is 2. The molecule has 2 amide bonds. The van der Waals surface area contributed by atoms with Gasteiger partial charge in [-0.2, -0.15) is 0 Å². The minimum absolute atomic E-state index is 0.0798. The maximum absolute atomic E-state index is 12.9. The van der Waals surface area contributed by atoms with Crippen molar-refractivity contribution in [1.82, 2.24) is 9.80 Å². The van der Waals surface area contributed by atoms with Gasteiger partial charge in [-0.05, 0) is 43.2 Å². The zero-order valence-electron chi connectivity index (χ0n) is 13.8. The van der Waals surface area contributed by atoms with Crippen LogP contribution in [0, 0.1) is 12.3 Å². The van der Waals surface area contributed by atoms with Crippen LogP contribution in [0.3, 0.4) is 0 Å². The summed E-state index contributed by atoms with van der Waals surface area (Å²) in [6.07, 6.45) is 2.68. The molecule has 5 nitrogen and oxygen atoms in total. The van der Waals surface area contributed by atoms with Gasteiger partial charge in [0.2, 0.25) is 5.91 Å². The van der Waals surface area contributed by atoms with Crippen molar-refractivity contribution < 1.29 is 14.3 Å². The summed E-state index contributed by atoms with van der Waals surface area (Å²) in [7, 11) is 1.66. The molecule has 2 saturated heterocycles. The lowest BCUT2D eigenvalue weighted by Gasteiger charge is -2.39. The number of thiophene rings is 1. The summed E-state index contributed by atoms with van der Waals surface area (Å²) in [5.41, 5.74) is 0.657. The first-order valence-electron chi connectivity index (χ1n) is 8.19. The van der Waals surface area contributed by atoms with E-state index < -0.39 is 0 Å². The number of hydrogen-bond acceptors (Lipinski definition) is 4. The van der Waals surface area contributed by atoms with E-state index in [4.69, 9.17) is 4.74 Å². The molecular weight excluding hydrogens is 312 g/mol. The van der Waals surface area contributed by atoms with Crippen LogP contribution >= 0.6 is 11.3 Å². The normalized spacial score (nSPS) is 24.7. The Morgan fingerprint density at radius 1 is 1.39 bits per heavy atom. The zero-order chi connectivity index (χ0) is 16.4. The predicted octanol–water partition coefficient (Wildman–Crippen LogP) is 2.16. The lowest BCUT2D eigenvalue weighted by Crippen LogP contribution is -2.51. The number of amides is 2. The van der Waals surface area contributed by atoms with Crippen LogP contribution in [0.2, 0.25) is 0 Å². The van der Waals surface area contributed by atoms with Gasteiger partial charge in [-0.3, -0.25) is 9.59 Å². The molecule has 23 heavy (non-hydrogen) atoms. The summed E-state index contributed by atoms with van der Waals surface area (Å²) in [5.74, 6) is 0.287. The van der Waals surface area contributed by atoms with E-state index in [-0.39, 0.29) is 17.2 Å². The largest absolute Gasteiger partial charge is 0.383 e. The Bertz CT molecular complexity index is 600. The number of rotatable bonds is 4. The standard InChI is InChI=1S/C17H24N2O3S/c1-13-4-11-23-14(13)15(20)19-8-6-17(12-19)5-3-7-18(16(17)21)9-10-22-2/h4,11H,3,5-10,12H2,1-2H3. The Balaban J connectivity index is 1.71. The van der Waals surface area contributed by atoms with Gasteiger partial charge in [0.1, 0.15) is 0 Å². The van der Waals surface area contributed by atoms with Gasteiger partial charge in [0.15, 0.2) is 0 Å². The summed E-state index contributed by atoms with van der Waals surface area (Å²) in [6, 6.07) is 1.97. The molecule has 0 bridgehead atoms. The average Bonchev–Trinajstić information content (AvgIpc) is 3.16. The van der Waals surface area contributed by atoms with E-state index >= 15 is 0 Å². The summed E-state index contributed by atoms with van der Waals surface area (Å²) < 4.78 is 5.11. The van der Waals surface area contributed by atoms with Crippen molar-refractivity contribution in [3.8, 4) is 0 Å². The predicted molar refractivity (Wildman–Crippen MR) is 89.7 cm³/mol. The fraction of sp³-hybridized carbons (Fsp3) is 0.647. The van der Waals surface area contributed by atoms with E-state index in [1.54, 1.807) is 7.11 Å². The molecule has 1 unspecified atom stereocenters. The van der Waals surface area contributed by atoms with Gasteiger partial charge in [0.05, 0.1) is 16.9 Å². The second kappa shape index (κ2) is 6.61. The molecule has 0 saturated carbocycles. The highest BCUT2D eigenvalue weighted by Crippen LogP contribution is 2.40. The van der Waals surface area contributed by atoms with Crippen LogP contribution < -0.4 is 0 Å². The summed E-state index contributed by atoms with van der Waals surface area (Å²) in [6.45, 7) is 5.23. The number of ether oxygens (including phenoxy) is 1. The summed E-state index contributed by atoms with van der Waals surface area (Å²) in [5, 5.41) is 1.95. The number of nitrogens with zero attached hydrogens (tertiary/aromatic N) is 2. The van der Waals surface area contributed by atoms with Gasteiger partial charge < -0.3 is 14.5 Å². The van der Waals surface area contributed by atoms with Crippen molar-refractivity contribution in [2.24, 2.45) is 5.41 Å². The molecule has 6 heteroatoms. The van der Waals surface area contributed by atoms with E-state index in [1.165, 1.54) is 11.3 Å². The van der Waals surface area contributed by atoms with Crippen molar-refractivity contribution in [1.29, 1.82) is 0 Å². The van der Waals surface area contributed by atoms with Gasteiger partial charge in [-0.1, -0.05) is 0 Å². The van der Waals surface area contributed by atoms with E-state index in [0.717, 1.165) is 36.2 Å². The molecule has 0 radical (unpaired) electrons. The smallest absolute Gasteiger partial charge is 0.264 e. The molecule has 3 rings (SSSR count). The summed E-state index contributed by atoms with van der Waals surface area (Å²) in [4.78, 5) is 30.2. The highest BCUT2D eigenvalue weighted by atomic mass is 32.1. The fourth-order valence-corrected chi connectivity index (χ4v) is 4.62. The van der Waals surface area contributed by atoms with Crippen LogP contribution in [0.4, 0.5) is 0 Å². The molecule has 3 heterocycles. The number of methoxy groups -OCH3 is 1. The van der Waals surface area contributed by atoms with Gasteiger partial charge in [0, 0.05) is 33.3 Å². The quantitative estimate of drug-likeness (QED) is 0.847. The number of hydrogen-bond donors (Lipinski definition) is 0. The van der Waals surface area contributed by atoms with Crippen LogP contribution in [0.15, 0.2) is 11.4 Å². The first-order chi connectivity index (χ1) is 11.1. The SMILES string of the molecule is COCCN1CCCC2(CCN(C(=O)c3sccc3C)C2)C1=O. The van der Waals surface area contributed by atoms with Crippen LogP contribution in [0.1, 0.15) is 34.5 Å².